The van der Waals surface area contributed by atoms with Crippen LogP contribution in [-0.2, 0) is 9.53 Å². The third-order valence-electron chi connectivity index (χ3n) is 2.85. The molecule has 1 aliphatic rings. The average molecular weight is 291 g/mol. The standard InChI is InChI=1S/C15H17NO5/c1-3-6-16-14(17)10(2)21-15(18)11-4-5-12-13(9-11)20-8-7-19-12/h3-5,9-10H,1,6-8H2,2H3,(H,16,17)/t10-/m0/s1. The quantitative estimate of drug-likeness (QED) is 0.654. The van der Waals surface area contributed by atoms with Gasteiger partial charge in [0.25, 0.3) is 5.91 Å². The molecule has 1 aromatic rings. The number of rotatable bonds is 5. The van der Waals surface area contributed by atoms with Crippen LogP contribution >= 0.6 is 0 Å². The van der Waals surface area contributed by atoms with Gasteiger partial charge in [-0.1, -0.05) is 6.08 Å². The molecule has 0 unspecified atom stereocenters. The van der Waals surface area contributed by atoms with Crippen LogP contribution in [0.15, 0.2) is 30.9 Å². The number of benzene rings is 1. The molecule has 0 radical (unpaired) electrons. The van der Waals surface area contributed by atoms with Gasteiger partial charge in [-0.3, -0.25) is 4.79 Å². The normalized spacial score (nSPS) is 14.0. The van der Waals surface area contributed by atoms with Crippen LogP contribution in [0.1, 0.15) is 17.3 Å². The predicted molar refractivity (Wildman–Crippen MR) is 75.5 cm³/mol. The highest BCUT2D eigenvalue weighted by Gasteiger charge is 2.20. The second-order valence-electron chi connectivity index (χ2n) is 4.44. The van der Waals surface area contributed by atoms with Crippen molar-refractivity contribution in [2.75, 3.05) is 19.8 Å². The van der Waals surface area contributed by atoms with Crippen molar-refractivity contribution in [2.24, 2.45) is 0 Å². The van der Waals surface area contributed by atoms with E-state index in [0.717, 1.165) is 0 Å². The van der Waals surface area contributed by atoms with Crippen molar-refractivity contribution in [1.82, 2.24) is 5.32 Å². The van der Waals surface area contributed by atoms with Crippen LogP contribution in [0.4, 0.5) is 0 Å². The van der Waals surface area contributed by atoms with Crippen LogP contribution in [0.2, 0.25) is 0 Å². The number of carbonyl (C=O) groups is 2. The summed E-state index contributed by atoms with van der Waals surface area (Å²) in [5.74, 6) is 0.128. The van der Waals surface area contributed by atoms with Gasteiger partial charge in [0.2, 0.25) is 0 Å². The third-order valence-corrected chi connectivity index (χ3v) is 2.85. The van der Waals surface area contributed by atoms with Gasteiger partial charge < -0.3 is 19.5 Å². The van der Waals surface area contributed by atoms with Gasteiger partial charge in [0.1, 0.15) is 13.2 Å². The number of amides is 1. The van der Waals surface area contributed by atoms with Gasteiger partial charge in [0.05, 0.1) is 5.56 Å². The van der Waals surface area contributed by atoms with Gasteiger partial charge in [-0.25, -0.2) is 4.79 Å². The largest absolute Gasteiger partial charge is 0.486 e. The van der Waals surface area contributed by atoms with E-state index < -0.39 is 12.1 Å². The molecule has 2 rings (SSSR count). The van der Waals surface area contributed by atoms with Crippen molar-refractivity contribution in [3.05, 3.63) is 36.4 Å². The second-order valence-corrected chi connectivity index (χ2v) is 4.44. The SMILES string of the molecule is C=CCNC(=O)[C@H](C)OC(=O)c1ccc2c(c1)OCCO2. The summed E-state index contributed by atoms with van der Waals surface area (Å²) in [6.07, 6.45) is 0.665. The maximum atomic E-state index is 12.0. The zero-order chi connectivity index (χ0) is 15.2. The molecule has 1 atom stereocenters. The number of ether oxygens (including phenoxy) is 3. The van der Waals surface area contributed by atoms with E-state index in [0.29, 0.717) is 36.8 Å². The number of nitrogens with one attached hydrogen (secondary N) is 1. The number of fused-ring (bicyclic) bond motifs is 1. The molecule has 1 aromatic carbocycles. The Morgan fingerprint density at radius 1 is 1.38 bits per heavy atom. The van der Waals surface area contributed by atoms with Crippen molar-refractivity contribution < 1.29 is 23.8 Å². The Hall–Kier alpha value is -2.50. The molecule has 1 N–H and O–H groups in total. The second kappa shape index (κ2) is 6.78. The van der Waals surface area contributed by atoms with E-state index in [1.165, 1.54) is 6.92 Å². The number of esters is 1. The van der Waals surface area contributed by atoms with Gasteiger partial charge in [-0.2, -0.15) is 0 Å². The summed E-state index contributed by atoms with van der Waals surface area (Å²) in [4.78, 5) is 23.6. The lowest BCUT2D eigenvalue weighted by atomic mass is 10.2. The Balaban J connectivity index is 1.99. The highest BCUT2D eigenvalue weighted by atomic mass is 16.6. The maximum Gasteiger partial charge on any atom is 0.339 e. The van der Waals surface area contributed by atoms with Gasteiger partial charge in [0.15, 0.2) is 17.6 Å². The molecular formula is C15H17NO5. The Morgan fingerprint density at radius 2 is 2.10 bits per heavy atom. The van der Waals surface area contributed by atoms with Gasteiger partial charge >= 0.3 is 5.97 Å². The zero-order valence-corrected chi connectivity index (χ0v) is 11.8. The lowest BCUT2D eigenvalue weighted by molar-refractivity contribution is -0.128. The minimum absolute atomic E-state index is 0.308. The molecule has 6 heteroatoms. The fourth-order valence-corrected chi connectivity index (χ4v) is 1.77. The molecule has 1 heterocycles. The first-order valence-electron chi connectivity index (χ1n) is 6.61. The van der Waals surface area contributed by atoms with E-state index in [4.69, 9.17) is 14.2 Å². The molecule has 0 aromatic heterocycles. The van der Waals surface area contributed by atoms with Crippen LogP contribution in [0.5, 0.6) is 11.5 Å². The molecule has 0 aliphatic carbocycles. The van der Waals surface area contributed by atoms with Crippen molar-refractivity contribution in [3.63, 3.8) is 0 Å². The van der Waals surface area contributed by atoms with Crippen molar-refractivity contribution in [1.29, 1.82) is 0 Å². The average Bonchev–Trinajstić information content (AvgIpc) is 2.51. The smallest absolute Gasteiger partial charge is 0.339 e. The lowest BCUT2D eigenvalue weighted by Gasteiger charge is -2.19. The van der Waals surface area contributed by atoms with E-state index in [1.54, 1.807) is 24.3 Å². The third kappa shape index (κ3) is 3.75. The van der Waals surface area contributed by atoms with Crippen LogP contribution in [0.3, 0.4) is 0 Å². The summed E-state index contributed by atoms with van der Waals surface area (Å²) >= 11 is 0. The summed E-state index contributed by atoms with van der Waals surface area (Å²) in [6, 6.07) is 4.77. The van der Waals surface area contributed by atoms with Crippen LogP contribution in [0.25, 0.3) is 0 Å². The Morgan fingerprint density at radius 3 is 2.81 bits per heavy atom. The first kappa shape index (κ1) is 14.9. The number of hydrogen-bond donors (Lipinski definition) is 1. The lowest BCUT2D eigenvalue weighted by Crippen LogP contribution is -2.35. The van der Waals surface area contributed by atoms with E-state index in [-0.39, 0.29) is 5.91 Å². The first-order valence-corrected chi connectivity index (χ1v) is 6.61. The Bertz CT molecular complexity index is 555. The van der Waals surface area contributed by atoms with Crippen molar-refractivity contribution >= 4 is 11.9 Å². The minimum Gasteiger partial charge on any atom is -0.486 e. The molecule has 0 saturated heterocycles. The Kier molecular flexibility index (Phi) is 4.81. The summed E-state index contributed by atoms with van der Waals surface area (Å²) in [5, 5.41) is 2.56. The highest BCUT2D eigenvalue weighted by Crippen LogP contribution is 2.30. The van der Waals surface area contributed by atoms with E-state index in [1.807, 2.05) is 0 Å². The predicted octanol–water partition coefficient (Wildman–Crippen LogP) is 1.31. The molecular weight excluding hydrogens is 274 g/mol. The molecule has 21 heavy (non-hydrogen) atoms. The monoisotopic (exact) mass is 291 g/mol. The molecule has 0 bridgehead atoms. The molecule has 6 nitrogen and oxygen atoms in total. The summed E-state index contributed by atoms with van der Waals surface area (Å²) in [5.41, 5.74) is 0.308. The van der Waals surface area contributed by atoms with Gasteiger partial charge in [0, 0.05) is 6.54 Å². The van der Waals surface area contributed by atoms with E-state index >= 15 is 0 Å². The first-order chi connectivity index (χ1) is 10.1. The van der Waals surface area contributed by atoms with Crippen molar-refractivity contribution in [2.45, 2.75) is 13.0 Å². The fraction of sp³-hybridized carbons (Fsp3) is 0.333. The molecule has 0 fully saturated rings. The Labute approximate surface area is 122 Å². The van der Waals surface area contributed by atoms with Crippen LogP contribution in [-0.4, -0.2) is 37.7 Å². The van der Waals surface area contributed by atoms with Gasteiger partial charge in [-0.15, -0.1) is 6.58 Å². The van der Waals surface area contributed by atoms with Crippen LogP contribution in [0, 0.1) is 0 Å². The topological polar surface area (TPSA) is 73.9 Å². The van der Waals surface area contributed by atoms with Crippen LogP contribution < -0.4 is 14.8 Å². The summed E-state index contributed by atoms with van der Waals surface area (Å²) < 4.78 is 15.9. The molecule has 1 aliphatic heterocycles. The minimum atomic E-state index is -0.884. The molecule has 112 valence electrons. The fourth-order valence-electron chi connectivity index (χ4n) is 1.77. The summed E-state index contributed by atoms with van der Waals surface area (Å²) in [7, 11) is 0. The number of hydrogen-bond acceptors (Lipinski definition) is 5. The van der Waals surface area contributed by atoms with Gasteiger partial charge in [-0.05, 0) is 25.1 Å². The molecule has 0 spiro atoms. The van der Waals surface area contributed by atoms with E-state index in [2.05, 4.69) is 11.9 Å². The number of carbonyl (C=O) groups excluding carboxylic acids is 2. The molecule has 0 saturated carbocycles. The van der Waals surface area contributed by atoms with E-state index in [9.17, 15) is 9.59 Å². The molecule has 1 amide bonds. The zero-order valence-electron chi connectivity index (χ0n) is 11.8. The highest BCUT2D eigenvalue weighted by molar-refractivity contribution is 5.92. The maximum absolute atomic E-state index is 12.0. The summed E-state index contributed by atoms with van der Waals surface area (Å²) in [6.45, 7) is 6.25. The van der Waals surface area contributed by atoms with Crippen molar-refractivity contribution in [3.8, 4) is 11.5 Å².